The summed E-state index contributed by atoms with van der Waals surface area (Å²) in [5.41, 5.74) is 0.847. The third-order valence-corrected chi connectivity index (χ3v) is 5.81. The molecule has 1 aromatic carbocycles. The maximum Gasteiger partial charge on any atom is 0.220 e. The molecular weight excluding hydrogens is 302 g/mol. The van der Waals surface area contributed by atoms with Gasteiger partial charge in [-0.05, 0) is 24.5 Å². The van der Waals surface area contributed by atoms with E-state index in [4.69, 9.17) is 4.42 Å². The summed E-state index contributed by atoms with van der Waals surface area (Å²) in [5, 5.41) is 3.89. The molecule has 1 N–H and O–H groups in total. The number of fused-ring (bicyclic) bond motifs is 1. The zero-order valence-corrected chi connectivity index (χ0v) is 13.1. The highest BCUT2D eigenvalue weighted by Gasteiger charge is 2.29. The Hall–Kier alpha value is -1.82. The van der Waals surface area contributed by atoms with Gasteiger partial charge in [-0.1, -0.05) is 18.2 Å². The van der Waals surface area contributed by atoms with E-state index in [0.29, 0.717) is 25.8 Å². The zero-order valence-electron chi connectivity index (χ0n) is 12.2. The molecule has 6 heteroatoms. The Morgan fingerprint density at radius 1 is 1.32 bits per heavy atom. The van der Waals surface area contributed by atoms with Gasteiger partial charge in [0, 0.05) is 24.8 Å². The average Bonchev–Trinajstić information content (AvgIpc) is 3.01. The molecule has 0 bridgehead atoms. The summed E-state index contributed by atoms with van der Waals surface area (Å²) in [6.45, 7) is 0.498. The van der Waals surface area contributed by atoms with Gasteiger partial charge in [0.25, 0.3) is 0 Å². The van der Waals surface area contributed by atoms with Crippen molar-refractivity contribution in [1.29, 1.82) is 0 Å². The number of benzene rings is 1. The van der Waals surface area contributed by atoms with Crippen LogP contribution in [0.5, 0.6) is 0 Å². The number of rotatable bonds is 5. The van der Waals surface area contributed by atoms with Gasteiger partial charge in [0.1, 0.15) is 11.3 Å². The van der Waals surface area contributed by atoms with Crippen molar-refractivity contribution in [3.05, 3.63) is 36.1 Å². The fourth-order valence-corrected chi connectivity index (χ4v) is 4.71. The van der Waals surface area contributed by atoms with E-state index in [2.05, 4.69) is 5.32 Å². The molecule has 1 aromatic heterocycles. The van der Waals surface area contributed by atoms with Crippen LogP contribution in [0, 0.1) is 5.92 Å². The summed E-state index contributed by atoms with van der Waals surface area (Å²) < 4.78 is 28.4. The van der Waals surface area contributed by atoms with E-state index in [1.807, 2.05) is 30.3 Å². The van der Waals surface area contributed by atoms with E-state index >= 15 is 0 Å². The predicted octanol–water partition coefficient (Wildman–Crippen LogP) is 1.92. The number of sulfone groups is 1. The Balaban J connectivity index is 1.45. The number of amides is 1. The van der Waals surface area contributed by atoms with Crippen LogP contribution >= 0.6 is 0 Å². The van der Waals surface area contributed by atoms with E-state index in [0.717, 1.165) is 16.7 Å². The third kappa shape index (κ3) is 3.68. The predicted molar refractivity (Wildman–Crippen MR) is 84.3 cm³/mol. The molecule has 22 heavy (non-hydrogen) atoms. The van der Waals surface area contributed by atoms with Gasteiger partial charge in [0.05, 0.1) is 11.5 Å². The largest absolute Gasteiger partial charge is 0.461 e. The van der Waals surface area contributed by atoms with Crippen LogP contribution in [-0.4, -0.2) is 32.4 Å². The second kappa shape index (κ2) is 6.12. The molecule has 0 aliphatic carbocycles. The van der Waals surface area contributed by atoms with Crippen LogP contribution in [0.3, 0.4) is 0 Å². The van der Waals surface area contributed by atoms with E-state index in [9.17, 15) is 13.2 Å². The van der Waals surface area contributed by atoms with Crippen LogP contribution in [0.1, 0.15) is 18.6 Å². The lowest BCUT2D eigenvalue weighted by Crippen LogP contribution is -2.27. The van der Waals surface area contributed by atoms with Gasteiger partial charge >= 0.3 is 0 Å². The second-order valence-corrected chi connectivity index (χ2v) is 8.05. The van der Waals surface area contributed by atoms with Crippen LogP contribution in [0.15, 0.2) is 34.7 Å². The summed E-state index contributed by atoms with van der Waals surface area (Å²) in [6, 6.07) is 9.76. The SMILES string of the molecule is O=C(C[C@@H]1CCS(=O)(=O)C1)NCCc1cc2ccccc2o1. The molecule has 0 saturated carbocycles. The fraction of sp³-hybridized carbons (Fsp3) is 0.438. The first kappa shape index (κ1) is 15.1. The quantitative estimate of drug-likeness (QED) is 0.913. The van der Waals surface area contributed by atoms with Gasteiger partial charge < -0.3 is 9.73 Å². The number of carbonyl (C=O) groups is 1. The van der Waals surface area contributed by atoms with Crippen LogP contribution in [0.25, 0.3) is 11.0 Å². The zero-order chi connectivity index (χ0) is 15.6. The molecule has 1 amide bonds. The Morgan fingerprint density at radius 3 is 2.86 bits per heavy atom. The smallest absolute Gasteiger partial charge is 0.220 e. The molecule has 5 nitrogen and oxygen atoms in total. The van der Waals surface area contributed by atoms with Crippen molar-refractivity contribution in [2.75, 3.05) is 18.1 Å². The number of furan rings is 1. The van der Waals surface area contributed by atoms with Crippen molar-refractivity contribution < 1.29 is 17.6 Å². The number of nitrogens with one attached hydrogen (secondary N) is 1. The molecule has 0 radical (unpaired) electrons. The summed E-state index contributed by atoms with van der Waals surface area (Å²) in [4.78, 5) is 11.8. The fourth-order valence-electron chi connectivity index (χ4n) is 2.85. The van der Waals surface area contributed by atoms with Crippen molar-refractivity contribution in [1.82, 2.24) is 5.32 Å². The maximum atomic E-state index is 11.8. The Morgan fingerprint density at radius 2 is 2.14 bits per heavy atom. The van der Waals surface area contributed by atoms with E-state index in [-0.39, 0.29) is 23.3 Å². The van der Waals surface area contributed by atoms with Gasteiger partial charge in [0.2, 0.25) is 5.91 Å². The van der Waals surface area contributed by atoms with Gasteiger partial charge in [-0.3, -0.25) is 4.79 Å². The minimum absolute atomic E-state index is 0.0313. The first-order valence-corrected chi connectivity index (χ1v) is 9.28. The minimum atomic E-state index is -2.91. The lowest BCUT2D eigenvalue weighted by atomic mass is 10.1. The highest BCUT2D eigenvalue weighted by atomic mass is 32.2. The second-order valence-electron chi connectivity index (χ2n) is 5.82. The molecule has 1 fully saturated rings. The van der Waals surface area contributed by atoms with Gasteiger partial charge in [0.15, 0.2) is 9.84 Å². The lowest BCUT2D eigenvalue weighted by molar-refractivity contribution is -0.121. The molecule has 3 rings (SSSR count). The maximum absolute atomic E-state index is 11.8. The first-order valence-electron chi connectivity index (χ1n) is 7.46. The molecule has 1 aliphatic heterocycles. The first-order chi connectivity index (χ1) is 10.5. The Kier molecular flexibility index (Phi) is 4.20. The van der Waals surface area contributed by atoms with Crippen LogP contribution < -0.4 is 5.32 Å². The van der Waals surface area contributed by atoms with E-state index < -0.39 is 9.84 Å². The molecule has 0 spiro atoms. The highest BCUT2D eigenvalue weighted by molar-refractivity contribution is 7.91. The van der Waals surface area contributed by atoms with Crippen molar-refractivity contribution in [3.8, 4) is 0 Å². The monoisotopic (exact) mass is 321 g/mol. The van der Waals surface area contributed by atoms with E-state index in [1.54, 1.807) is 0 Å². The highest BCUT2D eigenvalue weighted by Crippen LogP contribution is 2.21. The Labute approximate surface area is 129 Å². The molecule has 1 aliphatic rings. The molecule has 0 unspecified atom stereocenters. The van der Waals surface area contributed by atoms with Crippen LogP contribution in [0.2, 0.25) is 0 Å². The number of carbonyl (C=O) groups excluding carboxylic acids is 1. The van der Waals surface area contributed by atoms with Crippen LogP contribution in [0.4, 0.5) is 0 Å². The molecule has 2 heterocycles. The average molecular weight is 321 g/mol. The molecule has 118 valence electrons. The van der Waals surface area contributed by atoms with Gasteiger partial charge in [-0.15, -0.1) is 0 Å². The number of para-hydroxylation sites is 1. The summed E-state index contributed by atoms with van der Waals surface area (Å²) in [6.07, 6.45) is 1.52. The molecule has 1 saturated heterocycles. The molecule has 1 atom stereocenters. The number of hydrogen-bond acceptors (Lipinski definition) is 4. The molecule has 2 aromatic rings. The number of hydrogen-bond donors (Lipinski definition) is 1. The summed E-state index contributed by atoms with van der Waals surface area (Å²) in [5.74, 6) is 1.08. The standard InChI is InChI=1S/C16H19NO4S/c18-16(9-12-6-8-22(19,20)11-12)17-7-5-14-10-13-3-1-2-4-15(13)21-14/h1-4,10,12H,5-9,11H2,(H,17,18)/t12-/m0/s1. The normalized spacial score (nSPS) is 20.3. The van der Waals surface area contributed by atoms with Crippen molar-refractivity contribution >= 4 is 26.7 Å². The van der Waals surface area contributed by atoms with Crippen molar-refractivity contribution in [3.63, 3.8) is 0 Å². The summed E-state index contributed by atoms with van der Waals surface area (Å²) in [7, 11) is -2.91. The summed E-state index contributed by atoms with van der Waals surface area (Å²) >= 11 is 0. The van der Waals surface area contributed by atoms with Gasteiger partial charge in [-0.25, -0.2) is 8.42 Å². The molecular formula is C16H19NO4S. The van der Waals surface area contributed by atoms with Crippen molar-refractivity contribution in [2.24, 2.45) is 5.92 Å². The minimum Gasteiger partial charge on any atom is -0.461 e. The Bertz CT molecular complexity index is 745. The lowest BCUT2D eigenvalue weighted by Gasteiger charge is -2.07. The topological polar surface area (TPSA) is 76.4 Å². The van der Waals surface area contributed by atoms with Crippen LogP contribution in [-0.2, 0) is 21.1 Å². The van der Waals surface area contributed by atoms with Crippen molar-refractivity contribution in [2.45, 2.75) is 19.3 Å². The van der Waals surface area contributed by atoms with E-state index in [1.165, 1.54) is 0 Å². The third-order valence-electron chi connectivity index (χ3n) is 3.97. The van der Waals surface area contributed by atoms with Gasteiger partial charge in [-0.2, -0.15) is 0 Å².